The molecule has 0 saturated heterocycles. The molecule has 0 unspecified atom stereocenters. The van der Waals surface area contributed by atoms with Crippen molar-refractivity contribution in [2.45, 2.75) is 13.0 Å². The van der Waals surface area contributed by atoms with E-state index in [1.54, 1.807) is 13.2 Å². The van der Waals surface area contributed by atoms with Gasteiger partial charge >= 0.3 is 0 Å². The molecule has 0 radical (unpaired) electrons. The maximum absolute atomic E-state index is 5.81. The molecular weight excluding hydrogens is 209 g/mol. The number of benzene rings is 1. The van der Waals surface area contributed by atoms with Gasteiger partial charge in [0.05, 0.1) is 7.11 Å². The Morgan fingerprint density at radius 3 is 2.54 bits per heavy atom. The SMILES string of the molecule is COc1ccc(Cl)cc1[C@H](C)N.Cl. The van der Waals surface area contributed by atoms with Crippen LogP contribution in [0, 0.1) is 0 Å². The van der Waals surface area contributed by atoms with Crippen LogP contribution in [0.3, 0.4) is 0 Å². The first kappa shape index (κ1) is 12.6. The molecule has 0 aromatic heterocycles. The van der Waals surface area contributed by atoms with Crippen LogP contribution in [0.15, 0.2) is 18.2 Å². The van der Waals surface area contributed by atoms with Crippen LogP contribution in [0.1, 0.15) is 18.5 Å². The normalized spacial score (nSPS) is 11.7. The van der Waals surface area contributed by atoms with E-state index in [0.29, 0.717) is 5.02 Å². The topological polar surface area (TPSA) is 35.2 Å². The van der Waals surface area contributed by atoms with Gasteiger partial charge in [-0.15, -0.1) is 12.4 Å². The molecule has 0 spiro atoms. The Bertz CT molecular complexity index is 276. The molecule has 2 nitrogen and oxygen atoms in total. The largest absolute Gasteiger partial charge is 0.496 e. The minimum atomic E-state index is -0.0568. The lowest BCUT2D eigenvalue weighted by atomic mass is 10.1. The highest BCUT2D eigenvalue weighted by atomic mass is 35.5. The highest BCUT2D eigenvalue weighted by Crippen LogP contribution is 2.26. The second-order valence-electron chi connectivity index (χ2n) is 2.67. The van der Waals surface area contributed by atoms with Gasteiger partial charge in [0.2, 0.25) is 0 Å². The van der Waals surface area contributed by atoms with Gasteiger partial charge in [0.15, 0.2) is 0 Å². The number of ether oxygens (including phenoxy) is 1. The van der Waals surface area contributed by atoms with Gasteiger partial charge < -0.3 is 10.5 Å². The Morgan fingerprint density at radius 2 is 2.08 bits per heavy atom. The zero-order valence-electron chi connectivity index (χ0n) is 7.58. The van der Waals surface area contributed by atoms with E-state index in [0.717, 1.165) is 11.3 Å². The molecule has 0 saturated carbocycles. The first-order chi connectivity index (χ1) is 5.65. The van der Waals surface area contributed by atoms with Crippen LogP contribution in [0.5, 0.6) is 5.75 Å². The summed E-state index contributed by atoms with van der Waals surface area (Å²) in [4.78, 5) is 0. The molecule has 1 atom stereocenters. The van der Waals surface area contributed by atoms with Crippen LogP contribution < -0.4 is 10.5 Å². The lowest BCUT2D eigenvalue weighted by Gasteiger charge is -2.11. The molecule has 0 aliphatic rings. The fraction of sp³-hybridized carbons (Fsp3) is 0.333. The Balaban J connectivity index is 0.00000144. The van der Waals surface area contributed by atoms with E-state index in [4.69, 9.17) is 22.1 Å². The molecule has 13 heavy (non-hydrogen) atoms. The second-order valence-corrected chi connectivity index (χ2v) is 3.11. The number of methoxy groups -OCH3 is 1. The zero-order valence-corrected chi connectivity index (χ0v) is 9.15. The molecule has 1 aromatic carbocycles. The third-order valence-corrected chi connectivity index (χ3v) is 1.92. The molecule has 0 amide bonds. The van der Waals surface area contributed by atoms with Crippen LogP contribution in [0.4, 0.5) is 0 Å². The maximum atomic E-state index is 5.81. The van der Waals surface area contributed by atoms with E-state index in [1.807, 2.05) is 19.1 Å². The van der Waals surface area contributed by atoms with Crippen molar-refractivity contribution < 1.29 is 4.74 Å². The maximum Gasteiger partial charge on any atom is 0.123 e. The van der Waals surface area contributed by atoms with E-state index >= 15 is 0 Å². The molecule has 74 valence electrons. The van der Waals surface area contributed by atoms with E-state index in [9.17, 15) is 0 Å². The third kappa shape index (κ3) is 3.07. The Morgan fingerprint density at radius 1 is 1.46 bits per heavy atom. The van der Waals surface area contributed by atoms with Crippen molar-refractivity contribution in [3.05, 3.63) is 28.8 Å². The Labute approximate surface area is 89.4 Å². The molecule has 1 aromatic rings. The summed E-state index contributed by atoms with van der Waals surface area (Å²) < 4.78 is 5.12. The summed E-state index contributed by atoms with van der Waals surface area (Å²) in [5.41, 5.74) is 6.66. The van der Waals surface area contributed by atoms with Crippen molar-refractivity contribution in [1.29, 1.82) is 0 Å². The number of halogens is 2. The summed E-state index contributed by atoms with van der Waals surface area (Å²) in [5.74, 6) is 0.786. The number of hydrogen-bond donors (Lipinski definition) is 1. The summed E-state index contributed by atoms with van der Waals surface area (Å²) in [6.07, 6.45) is 0. The standard InChI is InChI=1S/C9H12ClNO.ClH/c1-6(11)8-5-7(10)3-4-9(8)12-2;/h3-6H,11H2,1-2H3;1H/t6-;/m0./s1. The van der Waals surface area contributed by atoms with Gasteiger partial charge in [-0.3, -0.25) is 0 Å². The van der Waals surface area contributed by atoms with Crippen molar-refractivity contribution in [3.8, 4) is 5.75 Å². The second kappa shape index (κ2) is 5.32. The van der Waals surface area contributed by atoms with Crippen molar-refractivity contribution in [2.75, 3.05) is 7.11 Å². The van der Waals surface area contributed by atoms with Crippen molar-refractivity contribution in [1.82, 2.24) is 0 Å². The van der Waals surface area contributed by atoms with Crippen LogP contribution in [-0.2, 0) is 0 Å². The van der Waals surface area contributed by atoms with Crippen molar-refractivity contribution >= 4 is 24.0 Å². The van der Waals surface area contributed by atoms with Gasteiger partial charge in [0.1, 0.15) is 5.75 Å². The molecule has 4 heteroatoms. The summed E-state index contributed by atoms with van der Waals surface area (Å²) in [6, 6.07) is 5.37. The minimum absolute atomic E-state index is 0. The van der Waals surface area contributed by atoms with E-state index in [-0.39, 0.29) is 18.4 Å². The minimum Gasteiger partial charge on any atom is -0.496 e. The molecule has 1 rings (SSSR count). The van der Waals surface area contributed by atoms with E-state index < -0.39 is 0 Å². The van der Waals surface area contributed by atoms with Crippen LogP contribution in [-0.4, -0.2) is 7.11 Å². The predicted octanol–water partition coefficient (Wildman–Crippen LogP) is 2.79. The Kier molecular flexibility index (Phi) is 5.14. The first-order valence-corrected chi connectivity index (χ1v) is 4.12. The number of rotatable bonds is 2. The van der Waals surface area contributed by atoms with Crippen LogP contribution >= 0.6 is 24.0 Å². The van der Waals surface area contributed by atoms with E-state index in [1.165, 1.54) is 0 Å². The monoisotopic (exact) mass is 221 g/mol. The molecular formula is C9H13Cl2NO. The Hall–Kier alpha value is -0.440. The zero-order chi connectivity index (χ0) is 9.14. The fourth-order valence-corrected chi connectivity index (χ4v) is 1.24. The van der Waals surface area contributed by atoms with Gasteiger partial charge in [0.25, 0.3) is 0 Å². The summed E-state index contributed by atoms with van der Waals surface area (Å²) in [5, 5.41) is 0.683. The predicted molar refractivity (Wildman–Crippen MR) is 57.9 cm³/mol. The highest BCUT2D eigenvalue weighted by Gasteiger charge is 2.07. The summed E-state index contributed by atoms with van der Waals surface area (Å²) >= 11 is 5.81. The van der Waals surface area contributed by atoms with Crippen molar-refractivity contribution in [2.24, 2.45) is 5.73 Å². The molecule has 0 aliphatic carbocycles. The third-order valence-electron chi connectivity index (χ3n) is 1.68. The first-order valence-electron chi connectivity index (χ1n) is 3.74. The number of hydrogen-bond acceptors (Lipinski definition) is 2. The average Bonchev–Trinajstić information content (AvgIpc) is 2.04. The lowest BCUT2D eigenvalue weighted by Crippen LogP contribution is -2.06. The quantitative estimate of drug-likeness (QED) is 0.834. The van der Waals surface area contributed by atoms with Crippen molar-refractivity contribution in [3.63, 3.8) is 0 Å². The number of nitrogens with two attached hydrogens (primary N) is 1. The molecule has 0 fully saturated rings. The van der Waals surface area contributed by atoms with Gasteiger partial charge in [-0.2, -0.15) is 0 Å². The highest BCUT2D eigenvalue weighted by molar-refractivity contribution is 6.30. The lowest BCUT2D eigenvalue weighted by molar-refractivity contribution is 0.407. The van der Waals surface area contributed by atoms with Gasteiger partial charge in [-0.1, -0.05) is 11.6 Å². The summed E-state index contributed by atoms with van der Waals surface area (Å²) in [6.45, 7) is 1.90. The van der Waals surface area contributed by atoms with Gasteiger partial charge in [-0.25, -0.2) is 0 Å². The van der Waals surface area contributed by atoms with Gasteiger partial charge in [0, 0.05) is 16.6 Å². The average molecular weight is 222 g/mol. The van der Waals surface area contributed by atoms with Crippen LogP contribution in [0.25, 0.3) is 0 Å². The van der Waals surface area contributed by atoms with Crippen LogP contribution in [0.2, 0.25) is 5.02 Å². The molecule has 2 N–H and O–H groups in total. The summed E-state index contributed by atoms with van der Waals surface area (Å²) in [7, 11) is 1.62. The molecule has 0 aliphatic heterocycles. The smallest absolute Gasteiger partial charge is 0.123 e. The van der Waals surface area contributed by atoms with Gasteiger partial charge in [-0.05, 0) is 25.1 Å². The molecule has 0 bridgehead atoms. The molecule has 0 heterocycles. The fourth-order valence-electron chi connectivity index (χ4n) is 1.06. The van der Waals surface area contributed by atoms with E-state index in [2.05, 4.69) is 0 Å².